The van der Waals surface area contributed by atoms with E-state index in [1.165, 1.54) is 11.1 Å². The van der Waals surface area contributed by atoms with E-state index in [9.17, 15) is 4.79 Å². The van der Waals surface area contributed by atoms with Crippen molar-refractivity contribution in [2.45, 2.75) is 31.8 Å². The van der Waals surface area contributed by atoms with Gasteiger partial charge in [0, 0.05) is 5.75 Å². The van der Waals surface area contributed by atoms with Gasteiger partial charge in [0.25, 0.3) is 5.91 Å². The minimum Gasteiger partial charge on any atom is -0.272 e. The molecule has 0 radical (unpaired) electrons. The monoisotopic (exact) mass is 326 g/mol. The Labute approximate surface area is 142 Å². The fraction of sp³-hybridized carbons (Fsp3) is 0.263. The Bertz CT molecular complexity index is 666. The van der Waals surface area contributed by atoms with Crippen LogP contribution in [0.4, 0.5) is 0 Å². The van der Waals surface area contributed by atoms with Gasteiger partial charge in [0.15, 0.2) is 0 Å². The van der Waals surface area contributed by atoms with Crippen LogP contribution in [-0.4, -0.2) is 16.9 Å². The Morgan fingerprint density at radius 1 is 1.13 bits per heavy atom. The summed E-state index contributed by atoms with van der Waals surface area (Å²) in [6.07, 6.45) is 0. The van der Waals surface area contributed by atoms with Crippen LogP contribution in [0.1, 0.15) is 30.5 Å². The molecule has 0 aliphatic carbocycles. The normalized spacial score (nSPS) is 12.7. The first-order valence-electron chi connectivity index (χ1n) is 7.63. The van der Waals surface area contributed by atoms with Crippen molar-refractivity contribution in [3.8, 4) is 0 Å². The maximum Gasteiger partial charge on any atom is 0.252 e. The minimum absolute atomic E-state index is 0.0719. The molecule has 3 nitrogen and oxygen atoms in total. The topological polar surface area (TPSA) is 41.5 Å². The van der Waals surface area contributed by atoms with E-state index >= 15 is 0 Å². The molecule has 2 aromatic rings. The highest BCUT2D eigenvalue weighted by Gasteiger charge is 2.13. The molecule has 0 aromatic heterocycles. The number of hydrogen-bond acceptors (Lipinski definition) is 3. The maximum atomic E-state index is 12.1. The number of rotatable bonds is 6. The van der Waals surface area contributed by atoms with Crippen LogP contribution < -0.4 is 5.43 Å². The van der Waals surface area contributed by atoms with Crippen molar-refractivity contribution in [1.82, 2.24) is 5.43 Å². The van der Waals surface area contributed by atoms with Crippen LogP contribution in [0.25, 0.3) is 0 Å². The first-order valence-corrected chi connectivity index (χ1v) is 8.68. The SMILES string of the molecule is C/C(=N/NC(=O)[C@H](C)SCc1ccccc1)c1ccc(C)cc1. The molecule has 1 atom stereocenters. The Hall–Kier alpha value is -2.07. The largest absolute Gasteiger partial charge is 0.272 e. The smallest absolute Gasteiger partial charge is 0.252 e. The van der Waals surface area contributed by atoms with Crippen LogP contribution in [0.2, 0.25) is 0 Å². The number of thioether (sulfide) groups is 1. The fourth-order valence-corrected chi connectivity index (χ4v) is 2.80. The first-order chi connectivity index (χ1) is 11.1. The molecule has 23 heavy (non-hydrogen) atoms. The standard InChI is InChI=1S/C19H22N2OS/c1-14-9-11-18(12-10-14)15(2)20-21-19(22)16(3)23-13-17-7-5-4-6-8-17/h4-12,16H,13H2,1-3H3,(H,21,22)/b20-15-/t16-/m0/s1. The molecule has 0 unspecified atom stereocenters. The molecule has 2 rings (SSSR count). The second kappa shape index (κ2) is 8.53. The summed E-state index contributed by atoms with van der Waals surface area (Å²) in [5.74, 6) is 0.744. The number of hydrazone groups is 1. The van der Waals surface area contributed by atoms with Crippen LogP contribution in [0.15, 0.2) is 59.7 Å². The van der Waals surface area contributed by atoms with Gasteiger partial charge < -0.3 is 0 Å². The van der Waals surface area contributed by atoms with Gasteiger partial charge in [0.1, 0.15) is 0 Å². The quantitative estimate of drug-likeness (QED) is 0.640. The van der Waals surface area contributed by atoms with Crippen LogP contribution in [-0.2, 0) is 10.5 Å². The number of amides is 1. The summed E-state index contributed by atoms with van der Waals surface area (Å²) in [4.78, 5) is 12.1. The predicted molar refractivity (Wildman–Crippen MR) is 98.7 cm³/mol. The number of carbonyl (C=O) groups excluding carboxylic acids is 1. The molecule has 0 aliphatic heterocycles. The molecule has 0 bridgehead atoms. The molecule has 0 aliphatic rings. The first kappa shape index (κ1) is 17.3. The summed E-state index contributed by atoms with van der Waals surface area (Å²) >= 11 is 1.61. The van der Waals surface area contributed by atoms with E-state index in [4.69, 9.17) is 0 Å². The number of nitrogens with one attached hydrogen (secondary N) is 1. The maximum absolute atomic E-state index is 12.1. The van der Waals surface area contributed by atoms with Gasteiger partial charge in [-0.3, -0.25) is 4.79 Å². The van der Waals surface area contributed by atoms with Gasteiger partial charge in [0.05, 0.1) is 11.0 Å². The van der Waals surface area contributed by atoms with Crippen LogP contribution in [0.5, 0.6) is 0 Å². The van der Waals surface area contributed by atoms with Crippen LogP contribution >= 0.6 is 11.8 Å². The van der Waals surface area contributed by atoms with E-state index in [1.807, 2.05) is 63.2 Å². The molecule has 0 fully saturated rings. The minimum atomic E-state index is -0.148. The van der Waals surface area contributed by atoms with E-state index in [0.29, 0.717) is 0 Å². The van der Waals surface area contributed by atoms with E-state index in [2.05, 4.69) is 22.7 Å². The summed E-state index contributed by atoms with van der Waals surface area (Å²) < 4.78 is 0. The lowest BCUT2D eigenvalue weighted by Gasteiger charge is -2.10. The summed E-state index contributed by atoms with van der Waals surface area (Å²) in [6, 6.07) is 18.2. The van der Waals surface area contributed by atoms with E-state index in [1.54, 1.807) is 11.8 Å². The van der Waals surface area contributed by atoms with Gasteiger partial charge in [-0.05, 0) is 31.9 Å². The molecular formula is C19H22N2OS. The summed E-state index contributed by atoms with van der Waals surface area (Å²) in [5, 5.41) is 4.06. The van der Waals surface area contributed by atoms with Crippen molar-refractivity contribution in [1.29, 1.82) is 0 Å². The lowest BCUT2D eigenvalue weighted by atomic mass is 10.1. The second-order valence-electron chi connectivity index (χ2n) is 5.48. The molecule has 2 aromatic carbocycles. The van der Waals surface area contributed by atoms with Gasteiger partial charge in [-0.2, -0.15) is 5.10 Å². The summed E-state index contributed by atoms with van der Waals surface area (Å²) in [7, 11) is 0. The van der Waals surface area contributed by atoms with Gasteiger partial charge in [-0.15, -0.1) is 11.8 Å². The molecular weight excluding hydrogens is 304 g/mol. The zero-order chi connectivity index (χ0) is 16.7. The lowest BCUT2D eigenvalue weighted by Crippen LogP contribution is -2.27. The zero-order valence-corrected chi connectivity index (χ0v) is 14.6. The molecule has 0 heterocycles. The number of aryl methyl sites for hydroxylation is 1. The molecule has 0 saturated heterocycles. The van der Waals surface area contributed by atoms with Crippen molar-refractivity contribution in [2.75, 3.05) is 0 Å². The average Bonchev–Trinajstić information content (AvgIpc) is 2.58. The van der Waals surface area contributed by atoms with Crippen molar-refractivity contribution in [3.63, 3.8) is 0 Å². The third-order valence-electron chi connectivity index (χ3n) is 3.52. The summed E-state index contributed by atoms with van der Waals surface area (Å²) in [6.45, 7) is 5.84. The van der Waals surface area contributed by atoms with Gasteiger partial charge in [-0.25, -0.2) is 5.43 Å². The number of carbonyl (C=O) groups is 1. The van der Waals surface area contributed by atoms with E-state index in [-0.39, 0.29) is 11.2 Å². The van der Waals surface area contributed by atoms with Crippen molar-refractivity contribution < 1.29 is 4.79 Å². The molecule has 4 heteroatoms. The molecule has 1 N–H and O–H groups in total. The van der Waals surface area contributed by atoms with Crippen molar-refractivity contribution in [3.05, 3.63) is 71.3 Å². The van der Waals surface area contributed by atoms with Gasteiger partial charge in [0.2, 0.25) is 0 Å². The Kier molecular flexibility index (Phi) is 6.41. The average molecular weight is 326 g/mol. The third kappa shape index (κ3) is 5.57. The van der Waals surface area contributed by atoms with Gasteiger partial charge in [-0.1, -0.05) is 60.2 Å². The number of nitrogens with zero attached hydrogens (tertiary/aromatic N) is 1. The number of benzene rings is 2. The van der Waals surface area contributed by atoms with Crippen LogP contribution in [0.3, 0.4) is 0 Å². The highest BCUT2D eigenvalue weighted by Crippen LogP contribution is 2.17. The zero-order valence-electron chi connectivity index (χ0n) is 13.7. The Morgan fingerprint density at radius 3 is 2.43 bits per heavy atom. The van der Waals surface area contributed by atoms with Crippen molar-refractivity contribution in [2.24, 2.45) is 5.10 Å². The molecule has 120 valence electrons. The Morgan fingerprint density at radius 2 is 1.78 bits per heavy atom. The highest BCUT2D eigenvalue weighted by molar-refractivity contribution is 7.99. The van der Waals surface area contributed by atoms with Crippen LogP contribution in [0, 0.1) is 6.92 Å². The Balaban J connectivity index is 1.85. The molecule has 1 amide bonds. The fourth-order valence-electron chi connectivity index (χ4n) is 1.96. The molecule has 0 spiro atoms. The van der Waals surface area contributed by atoms with Gasteiger partial charge >= 0.3 is 0 Å². The highest BCUT2D eigenvalue weighted by atomic mass is 32.2. The van der Waals surface area contributed by atoms with E-state index < -0.39 is 0 Å². The third-order valence-corrected chi connectivity index (χ3v) is 4.73. The lowest BCUT2D eigenvalue weighted by molar-refractivity contribution is -0.120. The summed E-state index contributed by atoms with van der Waals surface area (Å²) in [5.41, 5.74) is 6.90. The van der Waals surface area contributed by atoms with E-state index in [0.717, 1.165) is 17.0 Å². The predicted octanol–water partition coefficient (Wildman–Crippen LogP) is 4.16. The number of hydrogen-bond donors (Lipinski definition) is 1. The second-order valence-corrected chi connectivity index (χ2v) is 6.81. The molecule has 0 saturated carbocycles. The van der Waals surface area contributed by atoms with Crippen molar-refractivity contribution >= 4 is 23.4 Å².